The number of hydrogen-bond donors (Lipinski definition) is 0. The largest absolute Gasteiger partial charge is 0.337 e. The fourth-order valence-electron chi connectivity index (χ4n) is 2.88. The van der Waals surface area contributed by atoms with Gasteiger partial charge in [0.1, 0.15) is 5.52 Å². The van der Waals surface area contributed by atoms with E-state index in [0.717, 1.165) is 17.7 Å². The predicted molar refractivity (Wildman–Crippen MR) is 115 cm³/mol. The van der Waals surface area contributed by atoms with Gasteiger partial charge in [0.2, 0.25) is 0 Å². The minimum Gasteiger partial charge on any atom is -0.337 e. The number of carbonyl (C=O) groups is 1. The molecule has 142 valence electrons. The Morgan fingerprint density at radius 3 is 2.68 bits per heavy atom. The Bertz CT molecular complexity index is 1090. The van der Waals surface area contributed by atoms with Crippen LogP contribution in [0.4, 0.5) is 5.13 Å². The third-order valence-corrected chi connectivity index (χ3v) is 5.88. The van der Waals surface area contributed by atoms with E-state index in [2.05, 4.69) is 9.97 Å². The van der Waals surface area contributed by atoms with Crippen LogP contribution in [0, 0.1) is 0 Å². The van der Waals surface area contributed by atoms with E-state index in [1.165, 1.54) is 11.3 Å². The summed E-state index contributed by atoms with van der Waals surface area (Å²) in [6.45, 7) is 1.28. The van der Waals surface area contributed by atoms with E-state index in [-0.39, 0.29) is 5.91 Å². The molecule has 5 nitrogen and oxygen atoms in total. The van der Waals surface area contributed by atoms with E-state index in [1.54, 1.807) is 47.8 Å². The molecule has 4 aromatic rings. The van der Waals surface area contributed by atoms with Gasteiger partial charge in [-0.2, -0.15) is 0 Å². The van der Waals surface area contributed by atoms with Crippen molar-refractivity contribution in [2.75, 3.05) is 11.4 Å². The highest BCUT2D eigenvalue weighted by atomic mass is 35.5. The molecule has 0 aliphatic heterocycles. The van der Waals surface area contributed by atoms with Gasteiger partial charge in [-0.1, -0.05) is 40.6 Å². The molecular weight excluding hydrogens is 415 g/mol. The molecule has 0 saturated heterocycles. The van der Waals surface area contributed by atoms with Gasteiger partial charge in [-0.05, 0) is 42.8 Å². The molecule has 0 fully saturated rings. The van der Waals surface area contributed by atoms with Crippen LogP contribution >= 0.6 is 34.5 Å². The third-order valence-electron chi connectivity index (χ3n) is 4.28. The summed E-state index contributed by atoms with van der Waals surface area (Å²) in [5, 5.41) is 1.81. The lowest BCUT2D eigenvalue weighted by atomic mass is 10.2. The van der Waals surface area contributed by atoms with Gasteiger partial charge in [0.05, 0.1) is 16.0 Å². The lowest BCUT2D eigenvalue weighted by Gasteiger charge is -2.20. The number of thiazole rings is 1. The standard InChI is InChI=1S/C20H16Cl2N4OS/c21-15-7-5-14(6-8-15)19(27)26(11-2-10-25-12-9-23-13-25)20-24-18-16(22)3-1-4-17(18)28-20/h1,3-9,12-13H,2,10-11H2. The summed E-state index contributed by atoms with van der Waals surface area (Å²) in [6.07, 6.45) is 6.18. The van der Waals surface area contributed by atoms with E-state index < -0.39 is 0 Å². The van der Waals surface area contributed by atoms with Crippen molar-refractivity contribution in [3.05, 3.63) is 76.8 Å². The lowest BCUT2D eigenvalue weighted by Crippen LogP contribution is -2.32. The normalized spacial score (nSPS) is 11.1. The van der Waals surface area contributed by atoms with Gasteiger partial charge in [-0.3, -0.25) is 9.69 Å². The number of imidazole rings is 1. The Morgan fingerprint density at radius 1 is 1.14 bits per heavy atom. The zero-order valence-electron chi connectivity index (χ0n) is 14.8. The fourth-order valence-corrected chi connectivity index (χ4v) is 4.30. The van der Waals surface area contributed by atoms with Crippen molar-refractivity contribution in [1.29, 1.82) is 0 Å². The van der Waals surface area contributed by atoms with E-state index in [9.17, 15) is 4.79 Å². The highest BCUT2D eigenvalue weighted by Crippen LogP contribution is 2.33. The monoisotopic (exact) mass is 430 g/mol. The van der Waals surface area contributed by atoms with Gasteiger partial charge in [0.15, 0.2) is 5.13 Å². The van der Waals surface area contributed by atoms with E-state index in [1.807, 2.05) is 22.9 Å². The number of nitrogens with zero attached hydrogens (tertiary/aromatic N) is 4. The van der Waals surface area contributed by atoms with Gasteiger partial charge in [-0.25, -0.2) is 9.97 Å². The summed E-state index contributed by atoms with van der Waals surface area (Å²) in [7, 11) is 0. The molecule has 0 saturated carbocycles. The van der Waals surface area contributed by atoms with Gasteiger partial charge >= 0.3 is 0 Å². The number of hydrogen-bond acceptors (Lipinski definition) is 4. The second kappa shape index (κ2) is 8.31. The second-order valence-corrected chi connectivity index (χ2v) is 8.05. The van der Waals surface area contributed by atoms with Crippen LogP contribution in [0.1, 0.15) is 16.8 Å². The molecule has 0 spiro atoms. The number of benzene rings is 2. The van der Waals surface area contributed by atoms with Crippen LogP contribution in [-0.4, -0.2) is 27.0 Å². The maximum absolute atomic E-state index is 13.2. The Hall–Kier alpha value is -2.41. The first kappa shape index (κ1) is 18.9. The lowest BCUT2D eigenvalue weighted by molar-refractivity contribution is 0.0986. The minimum absolute atomic E-state index is 0.113. The maximum Gasteiger partial charge on any atom is 0.260 e. The molecule has 8 heteroatoms. The van der Waals surface area contributed by atoms with Gasteiger partial charge in [0.25, 0.3) is 5.91 Å². The van der Waals surface area contributed by atoms with Crippen LogP contribution in [0.15, 0.2) is 61.2 Å². The van der Waals surface area contributed by atoms with Crippen LogP contribution in [-0.2, 0) is 6.54 Å². The topological polar surface area (TPSA) is 51.0 Å². The summed E-state index contributed by atoms with van der Waals surface area (Å²) < 4.78 is 2.94. The summed E-state index contributed by atoms with van der Waals surface area (Å²) in [5.74, 6) is -0.113. The average Bonchev–Trinajstić information content (AvgIpc) is 3.36. The molecule has 0 atom stereocenters. The average molecular weight is 431 g/mol. The first-order valence-electron chi connectivity index (χ1n) is 8.70. The van der Waals surface area contributed by atoms with E-state index in [4.69, 9.17) is 23.2 Å². The van der Waals surface area contributed by atoms with Gasteiger partial charge in [0, 0.05) is 36.1 Å². The van der Waals surface area contributed by atoms with Crippen molar-refractivity contribution in [3.63, 3.8) is 0 Å². The molecule has 1 amide bonds. The van der Waals surface area contributed by atoms with Crippen molar-refractivity contribution >= 4 is 55.8 Å². The number of fused-ring (bicyclic) bond motifs is 1. The number of carbonyl (C=O) groups excluding carboxylic acids is 1. The molecule has 0 bridgehead atoms. The van der Waals surface area contributed by atoms with Crippen molar-refractivity contribution < 1.29 is 4.79 Å². The smallest absolute Gasteiger partial charge is 0.260 e. The number of para-hydroxylation sites is 1. The minimum atomic E-state index is -0.113. The highest BCUT2D eigenvalue weighted by molar-refractivity contribution is 7.22. The van der Waals surface area contributed by atoms with Crippen LogP contribution < -0.4 is 4.90 Å². The second-order valence-electron chi connectivity index (χ2n) is 6.20. The molecule has 0 N–H and O–H groups in total. The van der Waals surface area contributed by atoms with Crippen molar-refractivity contribution in [2.45, 2.75) is 13.0 Å². The Balaban J connectivity index is 1.64. The number of halogens is 2. The third kappa shape index (κ3) is 4.04. The van der Waals surface area contributed by atoms with Crippen molar-refractivity contribution in [1.82, 2.24) is 14.5 Å². The number of amides is 1. The number of aromatic nitrogens is 3. The Kier molecular flexibility index (Phi) is 5.62. The van der Waals surface area contributed by atoms with Crippen LogP contribution in [0.3, 0.4) is 0 Å². The fraction of sp³-hybridized carbons (Fsp3) is 0.150. The zero-order valence-corrected chi connectivity index (χ0v) is 17.1. The summed E-state index contributed by atoms with van der Waals surface area (Å²) >= 11 is 13.7. The van der Waals surface area contributed by atoms with E-state index in [0.29, 0.717) is 32.8 Å². The summed E-state index contributed by atoms with van der Waals surface area (Å²) in [6, 6.07) is 12.5. The van der Waals surface area contributed by atoms with Gasteiger partial charge in [-0.15, -0.1) is 0 Å². The van der Waals surface area contributed by atoms with Crippen LogP contribution in [0.25, 0.3) is 10.2 Å². The molecule has 2 aromatic heterocycles. The van der Waals surface area contributed by atoms with Crippen LogP contribution in [0.2, 0.25) is 10.0 Å². The number of rotatable bonds is 6. The molecule has 0 aliphatic carbocycles. The molecule has 2 heterocycles. The van der Waals surface area contributed by atoms with Crippen molar-refractivity contribution in [3.8, 4) is 0 Å². The number of aryl methyl sites for hydroxylation is 1. The molecule has 4 rings (SSSR count). The van der Waals surface area contributed by atoms with E-state index >= 15 is 0 Å². The van der Waals surface area contributed by atoms with Crippen molar-refractivity contribution in [2.24, 2.45) is 0 Å². The quantitative estimate of drug-likeness (QED) is 0.403. The molecule has 0 radical (unpaired) electrons. The Morgan fingerprint density at radius 2 is 1.96 bits per heavy atom. The maximum atomic E-state index is 13.2. The van der Waals surface area contributed by atoms with Crippen LogP contribution in [0.5, 0.6) is 0 Å². The molecule has 0 aliphatic rings. The predicted octanol–water partition coefficient (Wildman–Crippen LogP) is 5.54. The first-order chi connectivity index (χ1) is 13.6. The first-order valence-corrected chi connectivity index (χ1v) is 10.3. The summed E-state index contributed by atoms with van der Waals surface area (Å²) in [4.78, 5) is 23.6. The highest BCUT2D eigenvalue weighted by Gasteiger charge is 2.21. The molecule has 0 unspecified atom stereocenters. The number of anilines is 1. The zero-order chi connectivity index (χ0) is 19.5. The molecule has 28 heavy (non-hydrogen) atoms. The SMILES string of the molecule is O=C(c1ccc(Cl)cc1)N(CCCn1ccnc1)c1nc2c(Cl)cccc2s1. The molecular formula is C20H16Cl2N4OS. The molecule has 2 aromatic carbocycles. The Labute approximate surface area is 176 Å². The summed E-state index contributed by atoms with van der Waals surface area (Å²) in [5.41, 5.74) is 1.28. The van der Waals surface area contributed by atoms with Gasteiger partial charge < -0.3 is 4.57 Å².